The predicted octanol–water partition coefficient (Wildman–Crippen LogP) is 1.33. The van der Waals surface area contributed by atoms with Crippen LogP contribution in [0.2, 0.25) is 0 Å². The SMILES string of the molecule is CCc1nnsc1C(=O)N1CCC(N)C(C)C1.Cl. The molecule has 0 saturated carbocycles. The van der Waals surface area contributed by atoms with E-state index in [9.17, 15) is 4.79 Å². The Morgan fingerprint density at radius 2 is 2.33 bits per heavy atom. The first kappa shape index (κ1) is 15.3. The van der Waals surface area contributed by atoms with Gasteiger partial charge in [0.1, 0.15) is 4.88 Å². The minimum absolute atomic E-state index is 0. The van der Waals surface area contributed by atoms with E-state index >= 15 is 0 Å². The third kappa shape index (κ3) is 2.99. The maximum Gasteiger partial charge on any atom is 0.267 e. The van der Waals surface area contributed by atoms with Gasteiger partial charge in [-0.15, -0.1) is 17.5 Å². The van der Waals surface area contributed by atoms with Crippen LogP contribution < -0.4 is 5.73 Å². The molecule has 102 valence electrons. The Kier molecular flexibility index (Phi) is 5.49. The van der Waals surface area contributed by atoms with Gasteiger partial charge in [-0.3, -0.25) is 4.79 Å². The Balaban J connectivity index is 0.00000162. The van der Waals surface area contributed by atoms with E-state index < -0.39 is 0 Å². The lowest BCUT2D eigenvalue weighted by Crippen LogP contribution is -2.48. The van der Waals surface area contributed by atoms with Gasteiger partial charge in [0.25, 0.3) is 5.91 Å². The minimum Gasteiger partial charge on any atom is -0.337 e. The minimum atomic E-state index is 0. The van der Waals surface area contributed by atoms with E-state index in [0.29, 0.717) is 10.8 Å². The summed E-state index contributed by atoms with van der Waals surface area (Å²) >= 11 is 1.19. The van der Waals surface area contributed by atoms with Gasteiger partial charge in [0.15, 0.2) is 0 Å². The third-order valence-electron chi connectivity index (χ3n) is 3.34. The number of rotatable bonds is 2. The fraction of sp³-hybridized carbons (Fsp3) is 0.727. The Hall–Kier alpha value is -0.720. The van der Waals surface area contributed by atoms with Gasteiger partial charge >= 0.3 is 0 Å². The number of hydrogen-bond acceptors (Lipinski definition) is 5. The van der Waals surface area contributed by atoms with Crippen LogP contribution in [0, 0.1) is 5.92 Å². The Morgan fingerprint density at radius 1 is 1.61 bits per heavy atom. The molecule has 18 heavy (non-hydrogen) atoms. The number of piperidine rings is 1. The molecule has 0 aliphatic carbocycles. The maximum absolute atomic E-state index is 12.3. The highest BCUT2D eigenvalue weighted by Gasteiger charge is 2.29. The molecule has 1 aliphatic heterocycles. The molecule has 2 rings (SSSR count). The zero-order valence-corrected chi connectivity index (χ0v) is 12.3. The first-order chi connectivity index (χ1) is 8.13. The molecule has 2 unspecified atom stereocenters. The number of aryl methyl sites for hydroxylation is 1. The highest BCUT2D eigenvalue weighted by Crippen LogP contribution is 2.20. The molecule has 0 aromatic carbocycles. The van der Waals surface area contributed by atoms with Gasteiger partial charge in [-0.05, 0) is 30.3 Å². The van der Waals surface area contributed by atoms with Crippen molar-refractivity contribution in [2.24, 2.45) is 11.7 Å². The van der Waals surface area contributed by atoms with E-state index in [1.165, 1.54) is 11.5 Å². The molecule has 1 aromatic rings. The molecule has 1 fully saturated rings. The highest BCUT2D eigenvalue weighted by atomic mass is 35.5. The number of halogens is 1. The fourth-order valence-electron chi connectivity index (χ4n) is 2.09. The van der Waals surface area contributed by atoms with Crippen LogP contribution in [0.3, 0.4) is 0 Å². The largest absolute Gasteiger partial charge is 0.337 e. The summed E-state index contributed by atoms with van der Waals surface area (Å²) in [5, 5.41) is 3.98. The zero-order valence-electron chi connectivity index (χ0n) is 10.6. The van der Waals surface area contributed by atoms with Crippen molar-refractivity contribution < 1.29 is 4.79 Å². The van der Waals surface area contributed by atoms with Crippen molar-refractivity contribution >= 4 is 29.8 Å². The molecule has 1 aromatic heterocycles. The van der Waals surface area contributed by atoms with E-state index in [1.807, 2.05) is 11.8 Å². The number of aromatic nitrogens is 2. The summed E-state index contributed by atoms with van der Waals surface area (Å²) in [5.41, 5.74) is 6.76. The smallest absolute Gasteiger partial charge is 0.267 e. The Morgan fingerprint density at radius 3 is 2.94 bits per heavy atom. The van der Waals surface area contributed by atoms with Crippen molar-refractivity contribution in [3.05, 3.63) is 10.6 Å². The normalized spacial score (nSPS) is 23.6. The van der Waals surface area contributed by atoms with Crippen LogP contribution in [0.15, 0.2) is 0 Å². The number of carbonyl (C=O) groups excluding carboxylic acids is 1. The predicted molar refractivity (Wildman–Crippen MR) is 74.2 cm³/mol. The number of carbonyl (C=O) groups is 1. The van der Waals surface area contributed by atoms with Crippen molar-refractivity contribution in [1.29, 1.82) is 0 Å². The van der Waals surface area contributed by atoms with Crippen LogP contribution in [0.5, 0.6) is 0 Å². The van der Waals surface area contributed by atoms with Crippen molar-refractivity contribution in [3.63, 3.8) is 0 Å². The Bertz CT molecular complexity index is 412. The Labute approximate surface area is 117 Å². The quantitative estimate of drug-likeness (QED) is 0.892. The lowest BCUT2D eigenvalue weighted by Gasteiger charge is -2.34. The lowest BCUT2D eigenvalue weighted by atomic mass is 9.94. The molecule has 0 radical (unpaired) electrons. The van der Waals surface area contributed by atoms with Crippen LogP contribution in [-0.2, 0) is 6.42 Å². The standard InChI is InChI=1S/C11H18N4OS.ClH/c1-3-9-10(17-14-13-9)11(16)15-5-4-8(12)7(2)6-15;/h7-8H,3-6,12H2,1-2H3;1H. The van der Waals surface area contributed by atoms with Crippen LogP contribution in [0.25, 0.3) is 0 Å². The summed E-state index contributed by atoms with van der Waals surface area (Å²) in [7, 11) is 0. The second kappa shape index (κ2) is 6.45. The molecule has 7 heteroatoms. The first-order valence-corrected chi connectivity index (χ1v) is 6.77. The third-order valence-corrected chi connectivity index (χ3v) is 4.10. The average Bonchev–Trinajstić information content (AvgIpc) is 2.80. The number of nitrogens with two attached hydrogens (primary N) is 1. The van der Waals surface area contributed by atoms with E-state index in [2.05, 4.69) is 16.5 Å². The van der Waals surface area contributed by atoms with E-state index in [1.54, 1.807) is 0 Å². The topological polar surface area (TPSA) is 72.1 Å². The van der Waals surface area contributed by atoms with Crippen LogP contribution in [0.4, 0.5) is 0 Å². The van der Waals surface area contributed by atoms with Crippen molar-refractivity contribution in [2.75, 3.05) is 13.1 Å². The van der Waals surface area contributed by atoms with Gasteiger partial charge in [-0.2, -0.15) is 0 Å². The molecule has 2 atom stereocenters. The first-order valence-electron chi connectivity index (χ1n) is 5.99. The van der Waals surface area contributed by atoms with E-state index in [4.69, 9.17) is 5.73 Å². The van der Waals surface area contributed by atoms with E-state index in [0.717, 1.165) is 31.6 Å². The van der Waals surface area contributed by atoms with Gasteiger partial charge in [0, 0.05) is 19.1 Å². The molecule has 2 heterocycles. The molecule has 0 spiro atoms. The lowest BCUT2D eigenvalue weighted by molar-refractivity contribution is 0.0668. The summed E-state index contributed by atoms with van der Waals surface area (Å²) in [6, 6.07) is 0.212. The summed E-state index contributed by atoms with van der Waals surface area (Å²) < 4.78 is 3.86. The van der Waals surface area contributed by atoms with E-state index in [-0.39, 0.29) is 24.4 Å². The monoisotopic (exact) mass is 290 g/mol. The van der Waals surface area contributed by atoms with Crippen LogP contribution >= 0.6 is 23.9 Å². The summed E-state index contributed by atoms with van der Waals surface area (Å²) in [6.07, 6.45) is 1.63. The van der Waals surface area contributed by atoms with Crippen LogP contribution in [0.1, 0.15) is 35.6 Å². The van der Waals surface area contributed by atoms with Gasteiger partial charge < -0.3 is 10.6 Å². The number of hydrogen-bond donors (Lipinski definition) is 1. The average molecular weight is 291 g/mol. The number of amides is 1. The van der Waals surface area contributed by atoms with Crippen LogP contribution in [-0.4, -0.2) is 39.5 Å². The summed E-state index contributed by atoms with van der Waals surface area (Å²) in [6.45, 7) is 5.56. The molecule has 1 amide bonds. The second-order valence-electron chi connectivity index (χ2n) is 4.58. The highest BCUT2D eigenvalue weighted by molar-refractivity contribution is 7.08. The number of nitrogens with zero attached hydrogens (tertiary/aromatic N) is 3. The molecule has 1 saturated heterocycles. The van der Waals surface area contributed by atoms with Gasteiger partial charge in [0.05, 0.1) is 5.69 Å². The fourth-order valence-corrected chi connectivity index (χ4v) is 2.81. The molecular formula is C11H19ClN4OS. The molecule has 1 aliphatic rings. The summed E-state index contributed by atoms with van der Waals surface area (Å²) in [5.74, 6) is 0.425. The summed E-state index contributed by atoms with van der Waals surface area (Å²) in [4.78, 5) is 14.9. The maximum atomic E-state index is 12.3. The molecule has 0 bridgehead atoms. The number of likely N-dealkylation sites (tertiary alicyclic amines) is 1. The zero-order chi connectivity index (χ0) is 12.4. The van der Waals surface area contributed by atoms with Gasteiger partial charge in [0.2, 0.25) is 0 Å². The second-order valence-corrected chi connectivity index (χ2v) is 5.34. The molecule has 5 nitrogen and oxygen atoms in total. The van der Waals surface area contributed by atoms with Gasteiger partial charge in [-0.1, -0.05) is 18.3 Å². The van der Waals surface area contributed by atoms with Crippen molar-refractivity contribution in [3.8, 4) is 0 Å². The molecule has 2 N–H and O–H groups in total. The van der Waals surface area contributed by atoms with Gasteiger partial charge in [-0.25, -0.2) is 0 Å². The van der Waals surface area contributed by atoms with Crippen molar-refractivity contribution in [1.82, 2.24) is 14.5 Å². The van der Waals surface area contributed by atoms with Crippen molar-refractivity contribution in [2.45, 2.75) is 32.7 Å². The molecular weight excluding hydrogens is 272 g/mol.